The third-order valence-electron chi connectivity index (χ3n) is 4.97. The molecule has 5 atom stereocenters. The summed E-state index contributed by atoms with van der Waals surface area (Å²) >= 11 is 7.13. The highest BCUT2D eigenvalue weighted by molar-refractivity contribution is 9.12. The van der Waals surface area contributed by atoms with Gasteiger partial charge in [-0.15, -0.1) is 0 Å². The lowest BCUT2D eigenvalue weighted by atomic mass is 9.76. The maximum Gasteiger partial charge on any atom is 0.321 e. The molecule has 23 heavy (non-hydrogen) atoms. The van der Waals surface area contributed by atoms with E-state index < -0.39 is 0 Å². The Labute approximate surface area is 156 Å². The minimum Gasteiger partial charge on any atom is -0.461 e. The molecule has 1 aliphatic carbocycles. The first-order chi connectivity index (χ1) is 10.9. The quantitative estimate of drug-likeness (QED) is 0.417. The molecule has 0 saturated heterocycles. The molecule has 2 nitrogen and oxygen atoms in total. The van der Waals surface area contributed by atoms with Gasteiger partial charge < -0.3 is 4.74 Å². The number of halogens is 2. The van der Waals surface area contributed by atoms with Crippen LogP contribution in [-0.2, 0) is 9.53 Å². The normalized spacial score (nSPS) is 27.5. The molecule has 0 bridgehead atoms. The summed E-state index contributed by atoms with van der Waals surface area (Å²) < 4.78 is 5.87. The van der Waals surface area contributed by atoms with Crippen LogP contribution in [-0.4, -0.2) is 16.9 Å². The molecule has 128 valence electrons. The SMILES string of the molecule is CC(C)[C@H]1CC[C@H](C)[C@@H](OC(=O)[C@H](Br)[C@H](Br)c2ccccc2)C1. The van der Waals surface area contributed by atoms with Crippen molar-refractivity contribution < 1.29 is 9.53 Å². The fraction of sp³-hybridized carbons (Fsp3) is 0.632. The number of hydrogen-bond acceptors (Lipinski definition) is 2. The summed E-state index contributed by atoms with van der Waals surface area (Å²) in [7, 11) is 0. The van der Waals surface area contributed by atoms with Crippen LogP contribution >= 0.6 is 31.9 Å². The van der Waals surface area contributed by atoms with E-state index in [-0.39, 0.29) is 21.7 Å². The Kier molecular flexibility index (Phi) is 7.15. The van der Waals surface area contributed by atoms with Crippen LogP contribution in [0.3, 0.4) is 0 Å². The summed E-state index contributed by atoms with van der Waals surface area (Å²) in [6.45, 7) is 6.72. The average Bonchev–Trinajstić information content (AvgIpc) is 2.56. The van der Waals surface area contributed by atoms with Crippen molar-refractivity contribution >= 4 is 37.8 Å². The van der Waals surface area contributed by atoms with Crippen molar-refractivity contribution in [3.63, 3.8) is 0 Å². The van der Waals surface area contributed by atoms with Crippen molar-refractivity contribution in [2.45, 2.75) is 55.8 Å². The summed E-state index contributed by atoms with van der Waals surface area (Å²) in [6, 6.07) is 9.95. The van der Waals surface area contributed by atoms with Crippen molar-refractivity contribution in [1.82, 2.24) is 0 Å². The highest BCUT2D eigenvalue weighted by atomic mass is 79.9. The maximum atomic E-state index is 12.5. The Bertz CT molecular complexity index is 503. The van der Waals surface area contributed by atoms with Crippen LogP contribution in [0, 0.1) is 17.8 Å². The minimum absolute atomic E-state index is 0.0409. The van der Waals surface area contributed by atoms with E-state index in [4.69, 9.17) is 4.74 Å². The first kappa shape index (κ1) is 19.0. The standard InChI is InChI=1S/C19H26Br2O2/c1-12(2)15-10-9-13(3)16(11-15)23-19(22)18(21)17(20)14-7-5-4-6-8-14/h4-8,12-13,15-18H,9-11H2,1-3H3/t13-,15-,16-,17+,18+/m0/s1. The van der Waals surface area contributed by atoms with E-state index in [9.17, 15) is 4.79 Å². The van der Waals surface area contributed by atoms with Crippen LogP contribution in [0.5, 0.6) is 0 Å². The average molecular weight is 446 g/mol. The van der Waals surface area contributed by atoms with E-state index >= 15 is 0 Å². The Morgan fingerprint density at radius 2 is 1.83 bits per heavy atom. The lowest BCUT2D eigenvalue weighted by Crippen LogP contribution is -2.36. The largest absolute Gasteiger partial charge is 0.461 e. The molecule has 0 N–H and O–H groups in total. The fourth-order valence-corrected chi connectivity index (χ4v) is 4.15. The van der Waals surface area contributed by atoms with Gasteiger partial charge in [0.2, 0.25) is 0 Å². The van der Waals surface area contributed by atoms with Crippen LogP contribution in [0.25, 0.3) is 0 Å². The summed E-state index contributed by atoms with van der Waals surface area (Å²) in [6.07, 6.45) is 3.42. The fourth-order valence-electron chi connectivity index (χ4n) is 3.22. The molecular weight excluding hydrogens is 420 g/mol. The molecule has 0 aromatic heterocycles. The monoisotopic (exact) mass is 444 g/mol. The third-order valence-corrected chi connectivity index (χ3v) is 7.64. The third kappa shape index (κ3) is 5.06. The van der Waals surface area contributed by atoms with Gasteiger partial charge >= 0.3 is 5.97 Å². The minimum atomic E-state index is -0.378. The zero-order valence-electron chi connectivity index (χ0n) is 14.0. The number of benzene rings is 1. The van der Waals surface area contributed by atoms with Crippen LogP contribution in [0.4, 0.5) is 0 Å². The molecule has 0 spiro atoms. The topological polar surface area (TPSA) is 26.3 Å². The number of esters is 1. The molecule has 4 heteroatoms. The van der Waals surface area contributed by atoms with Crippen molar-refractivity contribution in [2.75, 3.05) is 0 Å². The Morgan fingerprint density at radius 3 is 2.43 bits per heavy atom. The zero-order valence-corrected chi connectivity index (χ0v) is 17.2. The highest BCUT2D eigenvalue weighted by Gasteiger charge is 2.34. The summed E-state index contributed by atoms with van der Waals surface area (Å²) in [5, 5.41) is 0. The smallest absolute Gasteiger partial charge is 0.321 e. The van der Waals surface area contributed by atoms with E-state index in [2.05, 4.69) is 52.6 Å². The van der Waals surface area contributed by atoms with Gasteiger partial charge in [-0.3, -0.25) is 4.79 Å². The zero-order chi connectivity index (χ0) is 17.0. The molecule has 0 heterocycles. The van der Waals surface area contributed by atoms with Crippen molar-refractivity contribution in [3.05, 3.63) is 35.9 Å². The van der Waals surface area contributed by atoms with Crippen molar-refractivity contribution in [1.29, 1.82) is 0 Å². The lowest BCUT2D eigenvalue weighted by molar-refractivity contribution is -0.153. The molecule has 1 aromatic carbocycles. The summed E-state index contributed by atoms with van der Waals surface area (Å²) in [5.74, 6) is 1.58. The maximum absolute atomic E-state index is 12.5. The van der Waals surface area contributed by atoms with Gasteiger partial charge in [0, 0.05) is 0 Å². The van der Waals surface area contributed by atoms with Gasteiger partial charge in [0.25, 0.3) is 0 Å². The van der Waals surface area contributed by atoms with E-state index in [0.29, 0.717) is 17.8 Å². The molecule has 2 rings (SSSR count). The van der Waals surface area contributed by atoms with Gasteiger partial charge in [-0.05, 0) is 42.6 Å². The second kappa shape index (κ2) is 8.66. The van der Waals surface area contributed by atoms with Crippen LogP contribution < -0.4 is 0 Å². The summed E-state index contributed by atoms with van der Waals surface area (Å²) in [4.78, 5) is 12.1. The van der Waals surface area contributed by atoms with Gasteiger partial charge in [-0.2, -0.15) is 0 Å². The number of rotatable bonds is 5. The second-order valence-corrected chi connectivity index (χ2v) is 8.96. The predicted octanol–water partition coefficient (Wildman–Crippen LogP) is 5.89. The van der Waals surface area contributed by atoms with Gasteiger partial charge in [0.05, 0.1) is 4.83 Å². The molecule has 1 saturated carbocycles. The number of ether oxygens (including phenoxy) is 1. The molecule has 0 amide bonds. The molecule has 0 radical (unpaired) electrons. The lowest BCUT2D eigenvalue weighted by Gasteiger charge is -2.36. The first-order valence-corrected chi connectivity index (χ1v) is 10.3. The number of carbonyl (C=O) groups is 1. The van der Waals surface area contributed by atoms with Gasteiger partial charge in [-0.1, -0.05) is 83.0 Å². The van der Waals surface area contributed by atoms with Crippen LogP contribution in [0.15, 0.2) is 30.3 Å². The van der Waals surface area contributed by atoms with E-state index in [1.165, 1.54) is 6.42 Å². The molecule has 1 fully saturated rings. The van der Waals surface area contributed by atoms with Gasteiger partial charge in [0.15, 0.2) is 0 Å². The van der Waals surface area contributed by atoms with Crippen LogP contribution in [0.2, 0.25) is 0 Å². The summed E-state index contributed by atoms with van der Waals surface area (Å²) in [5.41, 5.74) is 1.07. The van der Waals surface area contributed by atoms with E-state index in [1.807, 2.05) is 30.3 Å². The highest BCUT2D eigenvalue weighted by Crippen LogP contribution is 2.37. The van der Waals surface area contributed by atoms with E-state index in [0.717, 1.165) is 18.4 Å². The van der Waals surface area contributed by atoms with Crippen molar-refractivity contribution in [2.24, 2.45) is 17.8 Å². The molecular formula is C19H26Br2O2. The molecule has 1 aromatic rings. The Morgan fingerprint density at radius 1 is 1.17 bits per heavy atom. The number of hydrogen-bond donors (Lipinski definition) is 0. The Balaban J connectivity index is 1.97. The molecule has 0 aliphatic heterocycles. The van der Waals surface area contributed by atoms with Crippen LogP contribution in [0.1, 0.15) is 50.4 Å². The second-order valence-electron chi connectivity index (χ2n) is 6.98. The van der Waals surface area contributed by atoms with Crippen molar-refractivity contribution in [3.8, 4) is 0 Å². The molecule has 1 aliphatic rings. The van der Waals surface area contributed by atoms with E-state index in [1.54, 1.807) is 0 Å². The molecule has 0 unspecified atom stereocenters. The first-order valence-electron chi connectivity index (χ1n) is 8.43. The Hall–Kier alpha value is -0.350. The number of alkyl halides is 2. The van der Waals surface area contributed by atoms with Gasteiger partial charge in [0.1, 0.15) is 10.9 Å². The number of carbonyl (C=O) groups excluding carboxylic acids is 1. The van der Waals surface area contributed by atoms with Gasteiger partial charge in [-0.25, -0.2) is 0 Å². The predicted molar refractivity (Wildman–Crippen MR) is 102 cm³/mol.